The molecule has 5 rings (SSSR count). The number of hydrogen-bond acceptors (Lipinski definition) is 7. The van der Waals surface area contributed by atoms with Crippen molar-refractivity contribution in [3.05, 3.63) is 81.2 Å². The average Bonchev–Trinajstić information content (AvgIpc) is 2.79. The van der Waals surface area contributed by atoms with Crippen LogP contribution in [0.4, 0.5) is 5.69 Å². The van der Waals surface area contributed by atoms with Crippen LogP contribution in [0.3, 0.4) is 0 Å². The zero-order valence-electron chi connectivity index (χ0n) is 17.4. The zero-order chi connectivity index (χ0) is 23.3. The number of nitrogen functional groups attached to an aromatic ring is 1. The number of aromatic nitrogens is 2. The van der Waals surface area contributed by atoms with E-state index in [1.165, 1.54) is 0 Å². The molecule has 1 aliphatic rings. The molecule has 0 aliphatic carbocycles. The summed E-state index contributed by atoms with van der Waals surface area (Å²) in [6, 6.07) is 14.3. The van der Waals surface area contributed by atoms with Gasteiger partial charge >= 0.3 is 5.97 Å². The van der Waals surface area contributed by atoms with Crippen LogP contribution in [0.25, 0.3) is 22.1 Å². The Kier molecular flexibility index (Phi) is 5.23. The van der Waals surface area contributed by atoms with Gasteiger partial charge < -0.3 is 20.9 Å². The molecular formula is C24H18Cl2N4O3. The molecule has 3 aromatic carbocycles. The lowest BCUT2D eigenvalue weighted by molar-refractivity contribution is -0.139. The van der Waals surface area contributed by atoms with Gasteiger partial charge in [0, 0.05) is 5.56 Å². The second-order valence-corrected chi connectivity index (χ2v) is 8.31. The predicted octanol–water partition coefficient (Wildman–Crippen LogP) is 4.93. The number of nitrogens with zero attached hydrogens (tertiary/aromatic N) is 2. The molecule has 4 aromatic rings. The Hall–Kier alpha value is -3.55. The average molecular weight is 481 g/mol. The number of hydrogen-bond donors (Lipinski definition) is 2. The first-order chi connectivity index (χ1) is 15.9. The number of nitrogens with two attached hydrogens (primary N) is 2. The van der Waals surface area contributed by atoms with Crippen LogP contribution < -0.4 is 16.2 Å². The van der Waals surface area contributed by atoms with Crippen molar-refractivity contribution in [2.24, 2.45) is 5.73 Å². The SMILES string of the molecule is CCOC(=O)C1=C(N)Oc2c(N)cc3nc4ccccc4nc3c2C1c1ccc(Cl)c(Cl)c1. The summed E-state index contributed by atoms with van der Waals surface area (Å²) in [6.45, 7) is 1.88. The summed E-state index contributed by atoms with van der Waals surface area (Å²) in [5.74, 6) is -1.12. The van der Waals surface area contributed by atoms with E-state index in [1.807, 2.05) is 24.3 Å². The van der Waals surface area contributed by atoms with Crippen LogP contribution in [0.2, 0.25) is 10.0 Å². The van der Waals surface area contributed by atoms with Crippen molar-refractivity contribution in [1.29, 1.82) is 0 Å². The van der Waals surface area contributed by atoms with Crippen LogP contribution in [0.1, 0.15) is 24.0 Å². The lowest BCUT2D eigenvalue weighted by Crippen LogP contribution is -2.28. The molecule has 1 aromatic heterocycles. The van der Waals surface area contributed by atoms with Gasteiger partial charge in [-0.25, -0.2) is 14.8 Å². The molecule has 0 bridgehead atoms. The maximum absolute atomic E-state index is 13.0. The second-order valence-electron chi connectivity index (χ2n) is 7.50. The highest BCUT2D eigenvalue weighted by molar-refractivity contribution is 6.42. The van der Waals surface area contributed by atoms with E-state index in [4.69, 9.17) is 54.1 Å². The van der Waals surface area contributed by atoms with Crippen LogP contribution in [-0.4, -0.2) is 22.5 Å². The number of rotatable bonds is 3. The Bertz CT molecular complexity index is 1490. The van der Waals surface area contributed by atoms with E-state index in [0.29, 0.717) is 54.7 Å². The highest BCUT2D eigenvalue weighted by atomic mass is 35.5. The number of benzene rings is 3. The molecule has 4 N–H and O–H groups in total. The third-order valence-electron chi connectivity index (χ3n) is 5.48. The molecule has 1 unspecified atom stereocenters. The monoisotopic (exact) mass is 480 g/mol. The normalized spacial score (nSPS) is 15.4. The van der Waals surface area contributed by atoms with E-state index in [0.717, 1.165) is 0 Å². The van der Waals surface area contributed by atoms with Crippen molar-refractivity contribution < 1.29 is 14.3 Å². The minimum atomic E-state index is -0.718. The zero-order valence-corrected chi connectivity index (χ0v) is 18.9. The maximum Gasteiger partial charge on any atom is 0.340 e. The van der Waals surface area contributed by atoms with Gasteiger partial charge in [-0.2, -0.15) is 0 Å². The van der Waals surface area contributed by atoms with Gasteiger partial charge in [0.25, 0.3) is 0 Å². The Morgan fingerprint density at radius 2 is 1.76 bits per heavy atom. The lowest BCUT2D eigenvalue weighted by Gasteiger charge is -2.30. The van der Waals surface area contributed by atoms with Crippen molar-refractivity contribution in [1.82, 2.24) is 9.97 Å². The molecule has 0 saturated carbocycles. The van der Waals surface area contributed by atoms with Gasteiger partial charge in [0.1, 0.15) is 5.57 Å². The Morgan fingerprint density at radius 1 is 1.03 bits per heavy atom. The first kappa shape index (κ1) is 21.3. The highest BCUT2D eigenvalue weighted by Gasteiger charge is 2.38. The number of fused-ring (bicyclic) bond motifs is 4. The number of para-hydroxylation sites is 2. The van der Waals surface area contributed by atoms with Crippen LogP contribution in [0, 0.1) is 0 Å². The molecule has 33 heavy (non-hydrogen) atoms. The van der Waals surface area contributed by atoms with E-state index < -0.39 is 11.9 Å². The molecule has 1 aliphatic heterocycles. The third kappa shape index (κ3) is 3.50. The van der Waals surface area contributed by atoms with Gasteiger partial charge in [0.2, 0.25) is 5.88 Å². The van der Waals surface area contributed by atoms with E-state index in [2.05, 4.69) is 0 Å². The van der Waals surface area contributed by atoms with Crippen LogP contribution in [0.5, 0.6) is 5.75 Å². The summed E-state index contributed by atoms with van der Waals surface area (Å²) in [5.41, 5.74) is 16.7. The number of carbonyl (C=O) groups is 1. The number of anilines is 1. The largest absolute Gasteiger partial charge is 0.462 e. The summed E-state index contributed by atoms with van der Waals surface area (Å²) in [4.78, 5) is 22.6. The summed E-state index contributed by atoms with van der Waals surface area (Å²) in [6.07, 6.45) is 0. The number of carbonyl (C=O) groups excluding carboxylic acids is 1. The molecule has 0 fully saturated rings. The Labute approximate surface area is 198 Å². The summed E-state index contributed by atoms with van der Waals surface area (Å²) >= 11 is 12.5. The van der Waals surface area contributed by atoms with Crippen molar-refractivity contribution >= 4 is 56.9 Å². The topological polar surface area (TPSA) is 113 Å². The summed E-state index contributed by atoms with van der Waals surface area (Å²) in [5, 5.41) is 0.708. The predicted molar refractivity (Wildman–Crippen MR) is 128 cm³/mol. The summed E-state index contributed by atoms with van der Waals surface area (Å²) < 4.78 is 11.2. The van der Waals surface area contributed by atoms with Crippen molar-refractivity contribution in [2.45, 2.75) is 12.8 Å². The molecule has 0 amide bonds. The molecule has 7 nitrogen and oxygen atoms in total. The van der Waals surface area contributed by atoms with E-state index in [1.54, 1.807) is 31.2 Å². The Morgan fingerprint density at radius 3 is 2.45 bits per heavy atom. The van der Waals surface area contributed by atoms with Gasteiger partial charge in [0.15, 0.2) is 5.75 Å². The van der Waals surface area contributed by atoms with Crippen LogP contribution in [0.15, 0.2) is 60.0 Å². The first-order valence-corrected chi connectivity index (χ1v) is 10.9. The highest BCUT2D eigenvalue weighted by Crippen LogP contribution is 2.49. The maximum atomic E-state index is 13.0. The Balaban J connectivity index is 1.88. The first-order valence-electron chi connectivity index (χ1n) is 10.2. The summed E-state index contributed by atoms with van der Waals surface area (Å²) in [7, 11) is 0. The van der Waals surface area contributed by atoms with Gasteiger partial charge in [-0.05, 0) is 42.8 Å². The molecule has 0 saturated heterocycles. The second kappa shape index (κ2) is 8.10. The van der Waals surface area contributed by atoms with E-state index >= 15 is 0 Å². The molecule has 0 radical (unpaired) electrons. The minimum absolute atomic E-state index is 0.100. The fraction of sp³-hybridized carbons (Fsp3) is 0.125. The molecule has 0 spiro atoms. The molecule has 9 heteroatoms. The van der Waals surface area contributed by atoms with Gasteiger partial charge in [-0.3, -0.25) is 0 Å². The molecule has 1 atom stereocenters. The van der Waals surface area contributed by atoms with Gasteiger partial charge in [-0.15, -0.1) is 0 Å². The fourth-order valence-electron chi connectivity index (χ4n) is 4.07. The lowest BCUT2D eigenvalue weighted by atomic mass is 9.81. The van der Waals surface area contributed by atoms with Crippen LogP contribution in [-0.2, 0) is 9.53 Å². The van der Waals surface area contributed by atoms with Crippen molar-refractivity contribution in [3.63, 3.8) is 0 Å². The van der Waals surface area contributed by atoms with Crippen molar-refractivity contribution in [3.8, 4) is 5.75 Å². The van der Waals surface area contributed by atoms with Gasteiger partial charge in [0.05, 0.1) is 50.3 Å². The van der Waals surface area contributed by atoms with E-state index in [9.17, 15) is 4.79 Å². The number of halogens is 2. The smallest absolute Gasteiger partial charge is 0.340 e. The molecule has 166 valence electrons. The third-order valence-corrected chi connectivity index (χ3v) is 6.22. The number of ether oxygens (including phenoxy) is 2. The molecular weight excluding hydrogens is 463 g/mol. The van der Waals surface area contributed by atoms with Crippen LogP contribution >= 0.6 is 23.2 Å². The minimum Gasteiger partial charge on any atom is -0.462 e. The molecule has 2 heterocycles. The van der Waals surface area contributed by atoms with E-state index in [-0.39, 0.29) is 18.1 Å². The number of esters is 1. The standard InChI is InChI=1S/C24H18Cl2N4O3/c1-2-32-24(31)20-18(11-7-8-12(25)13(26)9-11)19-21-17(10-14(27)22(19)33-23(20)28)29-15-5-3-4-6-16(15)30-21/h3-10,18H,2,27-28H2,1H3. The fourth-order valence-corrected chi connectivity index (χ4v) is 4.38. The van der Waals surface area contributed by atoms with Crippen molar-refractivity contribution in [2.75, 3.05) is 12.3 Å². The van der Waals surface area contributed by atoms with Gasteiger partial charge in [-0.1, -0.05) is 41.4 Å². The quantitative estimate of drug-likeness (QED) is 0.242.